The highest BCUT2D eigenvalue weighted by Gasteiger charge is 2.20. The quantitative estimate of drug-likeness (QED) is 0.839. The van der Waals surface area contributed by atoms with Gasteiger partial charge in [-0.25, -0.2) is 4.98 Å². The van der Waals surface area contributed by atoms with Crippen LogP contribution in [0.15, 0.2) is 30.6 Å². The molecule has 1 fully saturated rings. The highest BCUT2D eigenvalue weighted by molar-refractivity contribution is 5.72. The Morgan fingerprint density at radius 3 is 2.43 bits per heavy atom. The third kappa shape index (κ3) is 2.75. The summed E-state index contributed by atoms with van der Waals surface area (Å²) in [4.78, 5) is 4.55. The van der Waals surface area contributed by atoms with Gasteiger partial charge in [-0.15, -0.1) is 0 Å². The van der Waals surface area contributed by atoms with Gasteiger partial charge in [0.05, 0.1) is 14.2 Å². The fraction of sp³-hybridized carbons (Fsp3) is 0.471. The van der Waals surface area contributed by atoms with Crippen LogP contribution in [0.3, 0.4) is 0 Å². The Balaban J connectivity index is 1.99. The number of hydrogen-bond donors (Lipinski definition) is 0. The number of aromatic nitrogens is 2. The highest BCUT2D eigenvalue weighted by Crippen LogP contribution is 2.38. The lowest BCUT2D eigenvalue weighted by atomic mass is 10.1. The Kier molecular flexibility index (Phi) is 4.13. The molecule has 0 atom stereocenters. The minimum atomic E-state index is 0.763. The van der Waals surface area contributed by atoms with Crippen molar-refractivity contribution in [1.82, 2.24) is 9.55 Å². The van der Waals surface area contributed by atoms with Crippen molar-refractivity contribution < 1.29 is 9.47 Å². The van der Waals surface area contributed by atoms with E-state index in [4.69, 9.17) is 9.47 Å². The first-order chi connectivity index (χ1) is 10.3. The van der Waals surface area contributed by atoms with Gasteiger partial charge >= 0.3 is 0 Å². The van der Waals surface area contributed by atoms with Crippen molar-refractivity contribution in [2.45, 2.75) is 32.2 Å². The SMILES string of the molecule is COc1cccc(OC)c1-c1nccn1CC1CCCC1. The molecule has 0 bridgehead atoms. The minimum absolute atomic E-state index is 0.763. The molecule has 1 saturated carbocycles. The first kappa shape index (κ1) is 14.0. The average molecular weight is 286 g/mol. The Labute approximate surface area is 125 Å². The molecule has 1 aliphatic carbocycles. The summed E-state index contributed by atoms with van der Waals surface area (Å²) >= 11 is 0. The van der Waals surface area contributed by atoms with Gasteiger partial charge in [-0.05, 0) is 30.9 Å². The predicted molar refractivity (Wildman–Crippen MR) is 82.7 cm³/mol. The van der Waals surface area contributed by atoms with E-state index in [2.05, 4.69) is 15.7 Å². The number of imidazole rings is 1. The van der Waals surface area contributed by atoms with E-state index in [1.165, 1.54) is 25.7 Å². The second kappa shape index (κ2) is 6.20. The van der Waals surface area contributed by atoms with E-state index in [-0.39, 0.29) is 0 Å². The van der Waals surface area contributed by atoms with E-state index in [9.17, 15) is 0 Å². The number of benzene rings is 1. The van der Waals surface area contributed by atoms with Crippen LogP contribution in [0.25, 0.3) is 11.4 Å². The van der Waals surface area contributed by atoms with Crippen molar-refractivity contribution in [1.29, 1.82) is 0 Å². The van der Waals surface area contributed by atoms with Crippen LogP contribution >= 0.6 is 0 Å². The van der Waals surface area contributed by atoms with E-state index in [0.29, 0.717) is 0 Å². The average Bonchev–Trinajstić information content (AvgIpc) is 3.18. The maximum atomic E-state index is 5.50. The fourth-order valence-electron chi connectivity index (χ4n) is 3.23. The van der Waals surface area contributed by atoms with Crippen LogP contribution in [0, 0.1) is 5.92 Å². The van der Waals surface area contributed by atoms with E-state index in [1.807, 2.05) is 24.4 Å². The molecule has 0 spiro atoms. The molecule has 0 radical (unpaired) electrons. The molecule has 4 heteroatoms. The second-order valence-corrected chi connectivity index (χ2v) is 5.59. The molecule has 0 saturated heterocycles. The van der Waals surface area contributed by atoms with Crippen LogP contribution in [0.2, 0.25) is 0 Å². The van der Waals surface area contributed by atoms with Crippen LogP contribution in [-0.2, 0) is 6.54 Å². The van der Waals surface area contributed by atoms with Gasteiger partial charge in [-0.1, -0.05) is 18.9 Å². The molecule has 1 aromatic carbocycles. The van der Waals surface area contributed by atoms with Crippen molar-refractivity contribution >= 4 is 0 Å². The van der Waals surface area contributed by atoms with Gasteiger partial charge in [-0.2, -0.15) is 0 Å². The Morgan fingerprint density at radius 2 is 1.81 bits per heavy atom. The number of rotatable bonds is 5. The van der Waals surface area contributed by atoms with Crippen molar-refractivity contribution in [3.63, 3.8) is 0 Å². The molecule has 1 heterocycles. The van der Waals surface area contributed by atoms with Crippen molar-refractivity contribution in [3.8, 4) is 22.9 Å². The minimum Gasteiger partial charge on any atom is -0.496 e. The van der Waals surface area contributed by atoms with E-state index >= 15 is 0 Å². The molecule has 1 aromatic heterocycles. The van der Waals surface area contributed by atoms with Crippen molar-refractivity contribution in [3.05, 3.63) is 30.6 Å². The first-order valence-corrected chi connectivity index (χ1v) is 7.56. The summed E-state index contributed by atoms with van der Waals surface area (Å²) < 4.78 is 13.2. The Morgan fingerprint density at radius 1 is 1.14 bits per heavy atom. The summed E-state index contributed by atoms with van der Waals surface area (Å²) in [5.74, 6) is 3.29. The zero-order valence-corrected chi connectivity index (χ0v) is 12.7. The number of methoxy groups -OCH3 is 2. The van der Waals surface area contributed by atoms with Gasteiger partial charge in [-0.3, -0.25) is 0 Å². The summed E-state index contributed by atoms with van der Waals surface area (Å²) in [7, 11) is 3.37. The van der Waals surface area contributed by atoms with E-state index in [1.54, 1.807) is 14.2 Å². The molecule has 0 N–H and O–H groups in total. The zero-order chi connectivity index (χ0) is 14.7. The predicted octanol–water partition coefficient (Wildman–Crippen LogP) is 3.76. The smallest absolute Gasteiger partial charge is 0.147 e. The topological polar surface area (TPSA) is 36.3 Å². The van der Waals surface area contributed by atoms with E-state index < -0.39 is 0 Å². The van der Waals surface area contributed by atoms with Gasteiger partial charge in [0.25, 0.3) is 0 Å². The third-order valence-corrected chi connectivity index (χ3v) is 4.30. The van der Waals surface area contributed by atoms with E-state index in [0.717, 1.165) is 35.3 Å². The summed E-state index contributed by atoms with van der Waals surface area (Å²) in [6.07, 6.45) is 9.26. The highest BCUT2D eigenvalue weighted by atomic mass is 16.5. The van der Waals surface area contributed by atoms with Gasteiger partial charge in [0, 0.05) is 18.9 Å². The van der Waals surface area contributed by atoms with Crippen LogP contribution < -0.4 is 9.47 Å². The van der Waals surface area contributed by atoms with Crippen LogP contribution in [-0.4, -0.2) is 23.8 Å². The lowest BCUT2D eigenvalue weighted by Gasteiger charge is -2.16. The van der Waals surface area contributed by atoms with Crippen LogP contribution in [0.1, 0.15) is 25.7 Å². The maximum Gasteiger partial charge on any atom is 0.147 e. The monoisotopic (exact) mass is 286 g/mol. The molecule has 0 amide bonds. The van der Waals surface area contributed by atoms with Crippen molar-refractivity contribution in [2.75, 3.05) is 14.2 Å². The molecule has 0 unspecified atom stereocenters. The zero-order valence-electron chi connectivity index (χ0n) is 12.7. The summed E-state index contributed by atoms with van der Waals surface area (Å²) in [6, 6.07) is 5.84. The number of ether oxygens (including phenoxy) is 2. The maximum absolute atomic E-state index is 5.50. The second-order valence-electron chi connectivity index (χ2n) is 5.59. The van der Waals surface area contributed by atoms with Gasteiger partial charge in [0.15, 0.2) is 0 Å². The Bertz CT molecular complexity index is 578. The lowest BCUT2D eigenvalue weighted by Crippen LogP contribution is -2.08. The summed E-state index contributed by atoms with van der Waals surface area (Å²) in [5, 5.41) is 0. The van der Waals surface area contributed by atoms with Gasteiger partial charge in [0.2, 0.25) is 0 Å². The molecule has 0 aliphatic heterocycles. The molecule has 112 valence electrons. The number of hydrogen-bond acceptors (Lipinski definition) is 3. The largest absolute Gasteiger partial charge is 0.496 e. The summed E-state index contributed by atoms with van der Waals surface area (Å²) in [5.41, 5.74) is 0.936. The molecular formula is C17H22N2O2. The van der Waals surface area contributed by atoms with Crippen LogP contribution in [0.4, 0.5) is 0 Å². The first-order valence-electron chi connectivity index (χ1n) is 7.56. The molecule has 2 aromatic rings. The molecule has 4 nitrogen and oxygen atoms in total. The normalized spacial score (nSPS) is 15.3. The van der Waals surface area contributed by atoms with Gasteiger partial charge in [0.1, 0.15) is 22.9 Å². The molecule has 21 heavy (non-hydrogen) atoms. The molecular weight excluding hydrogens is 264 g/mol. The molecule has 1 aliphatic rings. The Hall–Kier alpha value is -1.97. The van der Waals surface area contributed by atoms with Crippen molar-refractivity contribution in [2.24, 2.45) is 5.92 Å². The van der Waals surface area contributed by atoms with Crippen LogP contribution in [0.5, 0.6) is 11.5 Å². The summed E-state index contributed by atoms with van der Waals surface area (Å²) in [6.45, 7) is 1.02. The lowest BCUT2D eigenvalue weighted by molar-refractivity contribution is 0.395. The van der Waals surface area contributed by atoms with Gasteiger partial charge < -0.3 is 14.0 Å². The third-order valence-electron chi connectivity index (χ3n) is 4.30. The standard InChI is InChI=1S/C17H22N2O2/c1-20-14-8-5-9-15(21-2)16(14)17-18-10-11-19(17)12-13-6-3-4-7-13/h5,8-11,13H,3-4,6-7,12H2,1-2H3. The molecule has 3 rings (SSSR count). The number of nitrogens with zero attached hydrogens (tertiary/aromatic N) is 2. The fourth-order valence-corrected chi connectivity index (χ4v) is 3.23.